The highest BCUT2D eigenvalue weighted by molar-refractivity contribution is 7.19. The number of aromatic nitrogens is 4. The maximum Gasteiger partial charge on any atom is 0.332 e. The van der Waals surface area contributed by atoms with Crippen molar-refractivity contribution in [3.63, 3.8) is 0 Å². The van der Waals surface area contributed by atoms with Crippen molar-refractivity contribution in [3.8, 4) is 5.82 Å². The molecule has 0 saturated carbocycles. The fourth-order valence-corrected chi connectivity index (χ4v) is 6.40. The molecule has 1 aliphatic heterocycles. The summed E-state index contributed by atoms with van der Waals surface area (Å²) in [7, 11) is 1.42. The van der Waals surface area contributed by atoms with Gasteiger partial charge in [-0.15, -0.1) is 11.3 Å². The van der Waals surface area contributed by atoms with E-state index in [4.69, 9.17) is 4.84 Å². The zero-order valence-electron chi connectivity index (χ0n) is 22.3. The monoisotopic (exact) mass is 537 g/mol. The van der Waals surface area contributed by atoms with Crippen LogP contribution in [0.3, 0.4) is 0 Å². The van der Waals surface area contributed by atoms with Crippen LogP contribution < -0.4 is 11.2 Å². The molecular weight excluding hydrogens is 506 g/mol. The molecule has 1 amide bonds. The number of pyridine rings is 1. The van der Waals surface area contributed by atoms with E-state index in [1.54, 1.807) is 17.7 Å². The van der Waals surface area contributed by atoms with Gasteiger partial charge in [-0.1, -0.05) is 6.07 Å². The van der Waals surface area contributed by atoms with Crippen molar-refractivity contribution in [2.45, 2.75) is 52.7 Å². The standard InChI is InChI=1S/C27H31N5O5S/c1-15(2)32-25-22(23(33)29(6)26(32)35)21(24(34)31-13-27(5,36)14-37-31)19(38-25)11-18-16(3)12-30(17(18)4)20-9-7-8-10-28-20/h7-10,12,15,36H,11,13-14H2,1-6H3/t27-/m0/s1. The number of hydrogen-bond donors (Lipinski definition) is 1. The maximum atomic E-state index is 13.9. The number of thiophene rings is 1. The van der Waals surface area contributed by atoms with E-state index in [1.807, 2.05) is 56.7 Å². The molecule has 0 aliphatic carbocycles. The second kappa shape index (κ2) is 9.33. The number of rotatable bonds is 5. The van der Waals surface area contributed by atoms with Crippen molar-refractivity contribution in [1.29, 1.82) is 0 Å². The van der Waals surface area contributed by atoms with Gasteiger partial charge in [0, 0.05) is 42.5 Å². The molecule has 200 valence electrons. The van der Waals surface area contributed by atoms with Crippen molar-refractivity contribution in [2.24, 2.45) is 7.05 Å². The van der Waals surface area contributed by atoms with Gasteiger partial charge in [0.1, 0.15) is 22.9 Å². The highest BCUT2D eigenvalue weighted by atomic mass is 32.1. The van der Waals surface area contributed by atoms with Gasteiger partial charge in [-0.25, -0.2) is 14.8 Å². The van der Waals surface area contributed by atoms with Gasteiger partial charge in [0.05, 0.1) is 17.5 Å². The fourth-order valence-electron chi connectivity index (χ4n) is 4.98. The topological polar surface area (TPSA) is 112 Å². The summed E-state index contributed by atoms with van der Waals surface area (Å²) in [6.45, 7) is 9.27. The Hall–Kier alpha value is -3.54. The molecule has 0 radical (unpaired) electrons. The highest BCUT2D eigenvalue weighted by Gasteiger charge is 2.39. The lowest BCUT2D eigenvalue weighted by atomic mass is 10.0. The molecule has 0 aromatic carbocycles. The number of carbonyl (C=O) groups is 1. The fraction of sp³-hybridized carbons (Fsp3) is 0.407. The lowest BCUT2D eigenvalue weighted by Crippen LogP contribution is -2.39. The van der Waals surface area contributed by atoms with E-state index in [0.29, 0.717) is 16.1 Å². The Labute approximate surface area is 223 Å². The first-order valence-corrected chi connectivity index (χ1v) is 13.3. The summed E-state index contributed by atoms with van der Waals surface area (Å²) < 4.78 is 4.61. The van der Waals surface area contributed by atoms with E-state index >= 15 is 0 Å². The summed E-state index contributed by atoms with van der Waals surface area (Å²) >= 11 is 1.28. The number of β-amino-alcohol motifs (C(OH)–C–C–N with tert-alkyl or cyclic N) is 1. The summed E-state index contributed by atoms with van der Waals surface area (Å²) in [6, 6.07) is 5.47. The molecule has 11 heteroatoms. The quantitative estimate of drug-likeness (QED) is 0.419. The van der Waals surface area contributed by atoms with Crippen LogP contribution in [0.2, 0.25) is 0 Å². The van der Waals surface area contributed by atoms with Crippen LogP contribution in [0.5, 0.6) is 0 Å². The molecule has 4 aromatic rings. The van der Waals surface area contributed by atoms with Crippen molar-refractivity contribution in [1.82, 2.24) is 23.7 Å². The van der Waals surface area contributed by atoms with Gasteiger partial charge in [-0.2, -0.15) is 0 Å². The van der Waals surface area contributed by atoms with Crippen molar-refractivity contribution >= 4 is 27.5 Å². The van der Waals surface area contributed by atoms with Crippen LogP contribution in [0.1, 0.15) is 58.9 Å². The second-order valence-electron chi connectivity index (χ2n) is 10.4. The van der Waals surface area contributed by atoms with Crippen molar-refractivity contribution < 1.29 is 14.7 Å². The molecule has 38 heavy (non-hydrogen) atoms. The summed E-state index contributed by atoms with van der Waals surface area (Å²) in [6.07, 6.45) is 4.11. The van der Waals surface area contributed by atoms with Crippen LogP contribution in [0.15, 0.2) is 40.2 Å². The van der Waals surface area contributed by atoms with Gasteiger partial charge in [-0.05, 0) is 57.9 Å². The number of hydrogen-bond acceptors (Lipinski definition) is 7. The first-order chi connectivity index (χ1) is 17.9. The zero-order chi connectivity index (χ0) is 27.5. The Balaban J connectivity index is 1.74. The number of fused-ring (bicyclic) bond motifs is 1. The average molecular weight is 538 g/mol. The summed E-state index contributed by atoms with van der Waals surface area (Å²) in [5.41, 5.74) is 1.03. The molecular formula is C27H31N5O5S. The lowest BCUT2D eigenvalue weighted by Gasteiger charge is -2.17. The van der Waals surface area contributed by atoms with Gasteiger partial charge >= 0.3 is 5.69 Å². The minimum Gasteiger partial charge on any atom is -0.386 e. The first kappa shape index (κ1) is 26.1. The van der Waals surface area contributed by atoms with Crippen LogP contribution in [0.25, 0.3) is 16.0 Å². The Bertz CT molecular complexity index is 1680. The predicted octanol–water partition coefficient (Wildman–Crippen LogP) is 2.87. The number of aliphatic hydroxyl groups is 1. The normalized spacial score (nSPS) is 17.7. The molecule has 0 spiro atoms. The molecule has 1 fully saturated rings. The van der Waals surface area contributed by atoms with Gasteiger partial charge in [0.25, 0.3) is 11.5 Å². The third kappa shape index (κ3) is 4.20. The highest BCUT2D eigenvalue weighted by Crippen LogP contribution is 2.35. The first-order valence-electron chi connectivity index (χ1n) is 12.4. The Morgan fingerprint density at radius 1 is 1.26 bits per heavy atom. The maximum absolute atomic E-state index is 13.9. The van der Waals surface area contributed by atoms with E-state index in [2.05, 4.69) is 4.98 Å². The number of carbonyl (C=O) groups excluding carboxylic acids is 1. The smallest absolute Gasteiger partial charge is 0.332 e. The Kier molecular flexibility index (Phi) is 6.41. The SMILES string of the molecule is Cc1cn(-c2ccccn2)c(C)c1Cc1sc2c(c1C(=O)N1C[C@](C)(O)CO1)c(=O)n(C)c(=O)n2C(C)C. The van der Waals surface area contributed by atoms with Gasteiger partial charge in [0.15, 0.2) is 0 Å². The third-order valence-electron chi connectivity index (χ3n) is 7.00. The van der Waals surface area contributed by atoms with E-state index in [1.165, 1.54) is 18.4 Å². The molecule has 0 unspecified atom stereocenters. The summed E-state index contributed by atoms with van der Waals surface area (Å²) in [5.74, 6) is 0.275. The van der Waals surface area contributed by atoms with Crippen LogP contribution in [-0.2, 0) is 18.3 Å². The van der Waals surface area contributed by atoms with E-state index in [9.17, 15) is 19.5 Å². The molecule has 4 aromatic heterocycles. The second-order valence-corrected chi connectivity index (χ2v) is 11.5. The van der Waals surface area contributed by atoms with Gasteiger partial charge in [0.2, 0.25) is 0 Å². The van der Waals surface area contributed by atoms with Gasteiger partial charge in [-0.3, -0.25) is 23.6 Å². The molecule has 1 saturated heterocycles. The van der Waals surface area contributed by atoms with E-state index in [0.717, 1.165) is 32.3 Å². The third-order valence-corrected chi connectivity index (χ3v) is 8.18. The average Bonchev–Trinajstić information content (AvgIpc) is 3.51. The number of aryl methyl sites for hydroxylation is 1. The molecule has 10 nitrogen and oxygen atoms in total. The minimum atomic E-state index is -1.19. The lowest BCUT2D eigenvalue weighted by molar-refractivity contribution is -0.0796. The van der Waals surface area contributed by atoms with Crippen molar-refractivity contribution in [3.05, 3.63) is 78.7 Å². The van der Waals surface area contributed by atoms with E-state index < -0.39 is 22.8 Å². The van der Waals surface area contributed by atoms with Crippen LogP contribution in [0.4, 0.5) is 0 Å². The van der Waals surface area contributed by atoms with Crippen LogP contribution in [0, 0.1) is 13.8 Å². The molecule has 1 N–H and O–H groups in total. The predicted molar refractivity (Wildman–Crippen MR) is 145 cm³/mol. The zero-order valence-corrected chi connectivity index (χ0v) is 23.1. The Morgan fingerprint density at radius 3 is 2.61 bits per heavy atom. The van der Waals surface area contributed by atoms with Crippen LogP contribution in [-0.4, -0.2) is 53.5 Å². The van der Waals surface area contributed by atoms with Crippen LogP contribution >= 0.6 is 11.3 Å². The van der Waals surface area contributed by atoms with E-state index in [-0.39, 0.29) is 30.1 Å². The molecule has 1 atom stereocenters. The molecule has 1 aliphatic rings. The minimum absolute atomic E-state index is 0.0269. The largest absolute Gasteiger partial charge is 0.386 e. The summed E-state index contributed by atoms with van der Waals surface area (Å²) in [5, 5.41) is 11.7. The van der Waals surface area contributed by atoms with Crippen molar-refractivity contribution in [2.75, 3.05) is 13.2 Å². The number of nitrogens with zero attached hydrogens (tertiary/aromatic N) is 5. The number of hydroxylamine groups is 2. The Morgan fingerprint density at radius 2 is 2.00 bits per heavy atom. The molecule has 5 heterocycles. The molecule has 0 bridgehead atoms. The summed E-state index contributed by atoms with van der Waals surface area (Å²) in [4.78, 5) is 51.5. The number of amides is 1. The van der Waals surface area contributed by atoms with Gasteiger partial charge < -0.3 is 9.67 Å². The molecule has 5 rings (SSSR count).